The highest BCUT2D eigenvalue weighted by Crippen LogP contribution is 2.65. The fourth-order valence-corrected chi connectivity index (χ4v) is 3.37. The van der Waals surface area contributed by atoms with Crippen LogP contribution in [0.1, 0.15) is 33.6 Å². The van der Waals surface area contributed by atoms with Crippen LogP contribution < -0.4 is 0 Å². The molecule has 0 aliphatic heterocycles. The molecule has 3 atom stereocenters. The van der Waals surface area contributed by atoms with Crippen LogP contribution in [0, 0.1) is 22.7 Å². The minimum Gasteiger partial charge on any atom is -0.481 e. The largest absolute Gasteiger partial charge is 0.481 e. The zero-order valence-corrected chi connectivity index (χ0v) is 8.83. The molecule has 0 heterocycles. The maximum atomic E-state index is 12.0. The summed E-state index contributed by atoms with van der Waals surface area (Å²) in [6.07, 6.45) is 1.74. The molecule has 2 bridgehead atoms. The number of hydrogen-bond acceptors (Lipinski definition) is 2. The predicted molar refractivity (Wildman–Crippen MR) is 50.7 cm³/mol. The van der Waals surface area contributed by atoms with Crippen LogP contribution in [0.2, 0.25) is 0 Å². The van der Waals surface area contributed by atoms with E-state index in [-0.39, 0.29) is 17.1 Å². The zero-order valence-electron chi connectivity index (χ0n) is 8.83. The van der Waals surface area contributed by atoms with E-state index in [9.17, 15) is 9.59 Å². The number of ketones is 1. The molecular formula is C11H16O3. The topological polar surface area (TPSA) is 54.4 Å². The van der Waals surface area contributed by atoms with E-state index >= 15 is 0 Å². The number of Topliss-reactive ketones (excluding diaryl/α,β-unsaturated/α-hetero) is 1. The van der Waals surface area contributed by atoms with E-state index < -0.39 is 17.3 Å². The van der Waals surface area contributed by atoms with Gasteiger partial charge in [-0.3, -0.25) is 9.59 Å². The average Bonchev–Trinajstić information content (AvgIpc) is 2.35. The summed E-state index contributed by atoms with van der Waals surface area (Å²) in [7, 11) is 0. The molecule has 2 aliphatic carbocycles. The summed E-state index contributed by atoms with van der Waals surface area (Å²) in [6, 6.07) is 0. The second-order valence-corrected chi connectivity index (χ2v) is 5.38. The number of fused-ring (bicyclic) bond motifs is 2. The molecule has 3 heteroatoms. The third-order valence-corrected chi connectivity index (χ3v) is 4.80. The van der Waals surface area contributed by atoms with Gasteiger partial charge in [0, 0.05) is 5.41 Å². The van der Waals surface area contributed by atoms with Gasteiger partial charge in [-0.25, -0.2) is 0 Å². The fraction of sp³-hybridized carbons (Fsp3) is 0.818. The minimum atomic E-state index is -0.934. The molecule has 0 radical (unpaired) electrons. The molecule has 2 aliphatic rings. The summed E-state index contributed by atoms with van der Waals surface area (Å²) >= 11 is 0. The van der Waals surface area contributed by atoms with E-state index in [4.69, 9.17) is 5.11 Å². The van der Waals surface area contributed by atoms with E-state index in [0.717, 1.165) is 12.8 Å². The lowest BCUT2D eigenvalue weighted by Gasteiger charge is -2.32. The van der Waals surface area contributed by atoms with Crippen LogP contribution >= 0.6 is 0 Å². The standard InChI is InChI=1S/C11H16O3/c1-10(2)6-4-5-11(10,3)8(12)7(6)9(13)14/h6-7H,4-5H2,1-3H3,(H,13,14)/t6-,7?,11+/m0/s1. The average molecular weight is 196 g/mol. The Kier molecular flexibility index (Phi) is 1.65. The first-order valence-corrected chi connectivity index (χ1v) is 5.09. The first-order valence-electron chi connectivity index (χ1n) is 5.09. The highest BCUT2D eigenvalue weighted by atomic mass is 16.4. The first kappa shape index (κ1) is 9.69. The minimum absolute atomic E-state index is 0.0394. The Morgan fingerprint density at radius 1 is 1.43 bits per heavy atom. The van der Waals surface area contributed by atoms with Crippen molar-refractivity contribution >= 4 is 11.8 Å². The van der Waals surface area contributed by atoms with Gasteiger partial charge >= 0.3 is 5.97 Å². The van der Waals surface area contributed by atoms with Crippen molar-refractivity contribution in [2.24, 2.45) is 22.7 Å². The highest BCUT2D eigenvalue weighted by molar-refractivity contribution is 6.04. The van der Waals surface area contributed by atoms with Crippen LogP contribution in [0.5, 0.6) is 0 Å². The van der Waals surface area contributed by atoms with Gasteiger partial charge in [-0.05, 0) is 24.2 Å². The maximum Gasteiger partial charge on any atom is 0.314 e. The summed E-state index contributed by atoms with van der Waals surface area (Å²) < 4.78 is 0. The normalized spacial score (nSPS) is 44.4. The Morgan fingerprint density at radius 2 is 2.00 bits per heavy atom. The molecule has 78 valence electrons. The van der Waals surface area contributed by atoms with E-state index in [2.05, 4.69) is 0 Å². The molecule has 0 aromatic carbocycles. The zero-order chi connectivity index (χ0) is 10.7. The highest BCUT2D eigenvalue weighted by Gasteiger charge is 2.68. The van der Waals surface area contributed by atoms with E-state index in [0.29, 0.717) is 0 Å². The van der Waals surface area contributed by atoms with Crippen molar-refractivity contribution in [3.63, 3.8) is 0 Å². The summed E-state index contributed by atoms with van der Waals surface area (Å²) in [6.45, 7) is 6.00. The number of carbonyl (C=O) groups excluding carboxylic acids is 1. The second-order valence-electron chi connectivity index (χ2n) is 5.38. The Hall–Kier alpha value is -0.860. The molecule has 0 saturated heterocycles. The second kappa shape index (κ2) is 2.38. The van der Waals surface area contributed by atoms with Gasteiger partial charge < -0.3 is 5.11 Å². The third kappa shape index (κ3) is 0.787. The van der Waals surface area contributed by atoms with Gasteiger partial charge in [-0.1, -0.05) is 20.8 Å². The molecule has 0 spiro atoms. The van der Waals surface area contributed by atoms with Crippen molar-refractivity contribution in [1.82, 2.24) is 0 Å². The number of carboxylic acid groups (broad SMARTS) is 1. The number of carbonyl (C=O) groups is 2. The monoisotopic (exact) mass is 196 g/mol. The molecular weight excluding hydrogens is 180 g/mol. The smallest absolute Gasteiger partial charge is 0.314 e. The van der Waals surface area contributed by atoms with Crippen LogP contribution in [0.15, 0.2) is 0 Å². The first-order chi connectivity index (χ1) is 6.32. The summed E-state index contributed by atoms with van der Waals surface area (Å²) in [5.74, 6) is -1.69. The Bertz CT molecular complexity index is 318. The molecule has 0 amide bonds. The van der Waals surface area contributed by atoms with E-state index in [1.54, 1.807) is 0 Å². The van der Waals surface area contributed by atoms with Crippen molar-refractivity contribution in [3.05, 3.63) is 0 Å². The lowest BCUT2D eigenvalue weighted by molar-refractivity contribution is -0.149. The van der Waals surface area contributed by atoms with Crippen molar-refractivity contribution < 1.29 is 14.7 Å². The number of hydrogen-bond donors (Lipinski definition) is 1. The summed E-state index contributed by atoms with van der Waals surface area (Å²) in [5.41, 5.74) is -0.548. The van der Waals surface area contributed by atoms with Crippen LogP contribution in [-0.2, 0) is 9.59 Å². The lowest BCUT2D eigenvalue weighted by Crippen LogP contribution is -2.35. The number of aliphatic carboxylic acids is 1. The molecule has 2 rings (SSSR count). The number of carboxylic acids is 1. The molecule has 3 nitrogen and oxygen atoms in total. The van der Waals surface area contributed by atoms with Gasteiger partial charge in [0.25, 0.3) is 0 Å². The van der Waals surface area contributed by atoms with Gasteiger partial charge in [-0.2, -0.15) is 0 Å². The van der Waals surface area contributed by atoms with Crippen molar-refractivity contribution in [2.45, 2.75) is 33.6 Å². The Morgan fingerprint density at radius 3 is 2.29 bits per heavy atom. The summed E-state index contributed by atoms with van der Waals surface area (Å²) in [4.78, 5) is 23.0. The van der Waals surface area contributed by atoms with Gasteiger partial charge in [0.05, 0.1) is 0 Å². The molecule has 14 heavy (non-hydrogen) atoms. The molecule has 2 fully saturated rings. The van der Waals surface area contributed by atoms with Gasteiger partial charge in [0.1, 0.15) is 5.92 Å². The SMILES string of the molecule is CC1(C)[C@H]2CC[C@]1(C)C(=O)C2C(=O)O. The third-order valence-electron chi connectivity index (χ3n) is 4.80. The fourth-order valence-electron chi connectivity index (χ4n) is 3.37. The van der Waals surface area contributed by atoms with Gasteiger partial charge in [0.15, 0.2) is 5.78 Å². The van der Waals surface area contributed by atoms with Crippen LogP contribution in [0.25, 0.3) is 0 Å². The van der Waals surface area contributed by atoms with Gasteiger partial charge in [-0.15, -0.1) is 0 Å². The maximum absolute atomic E-state index is 12.0. The quantitative estimate of drug-likeness (QED) is 0.649. The number of rotatable bonds is 1. The Balaban J connectivity index is 2.49. The molecule has 0 aromatic heterocycles. The Labute approximate surface area is 83.5 Å². The molecule has 1 unspecified atom stereocenters. The van der Waals surface area contributed by atoms with Crippen LogP contribution in [0.3, 0.4) is 0 Å². The van der Waals surface area contributed by atoms with Crippen molar-refractivity contribution in [1.29, 1.82) is 0 Å². The molecule has 2 saturated carbocycles. The molecule has 1 N–H and O–H groups in total. The van der Waals surface area contributed by atoms with Crippen LogP contribution in [-0.4, -0.2) is 16.9 Å². The van der Waals surface area contributed by atoms with Crippen molar-refractivity contribution in [2.75, 3.05) is 0 Å². The molecule has 0 aromatic rings. The predicted octanol–water partition coefficient (Wildman–Crippen LogP) is 1.71. The van der Waals surface area contributed by atoms with Crippen LogP contribution in [0.4, 0.5) is 0 Å². The lowest BCUT2D eigenvalue weighted by atomic mass is 9.70. The van der Waals surface area contributed by atoms with Crippen molar-refractivity contribution in [3.8, 4) is 0 Å². The van der Waals surface area contributed by atoms with E-state index in [1.165, 1.54) is 0 Å². The van der Waals surface area contributed by atoms with E-state index in [1.807, 2.05) is 20.8 Å². The van der Waals surface area contributed by atoms with Gasteiger partial charge in [0.2, 0.25) is 0 Å². The summed E-state index contributed by atoms with van der Waals surface area (Å²) in [5, 5.41) is 9.03.